The summed E-state index contributed by atoms with van der Waals surface area (Å²) in [6.07, 6.45) is 1.44. The first kappa shape index (κ1) is 11.7. The number of aromatic nitrogens is 2. The zero-order valence-electron chi connectivity index (χ0n) is 9.65. The zero-order chi connectivity index (χ0) is 12.6. The van der Waals surface area contributed by atoms with Crippen LogP contribution in [0.5, 0.6) is 11.5 Å². The first-order chi connectivity index (χ1) is 8.10. The van der Waals surface area contributed by atoms with Crippen LogP contribution in [0, 0.1) is 0 Å². The van der Waals surface area contributed by atoms with E-state index in [1.165, 1.54) is 25.1 Å². The molecule has 90 valence electrons. The van der Waals surface area contributed by atoms with E-state index < -0.39 is 0 Å². The number of rotatable bonds is 2. The van der Waals surface area contributed by atoms with Crippen LogP contribution in [0.4, 0.5) is 0 Å². The Bertz CT molecular complexity index is 637. The van der Waals surface area contributed by atoms with Crippen molar-refractivity contribution in [2.75, 3.05) is 14.2 Å². The van der Waals surface area contributed by atoms with E-state index in [0.29, 0.717) is 22.4 Å². The zero-order valence-corrected chi connectivity index (χ0v) is 10.4. The maximum Gasteiger partial charge on any atom is 0.262 e. The first-order valence-corrected chi connectivity index (χ1v) is 5.23. The van der Waals surface area contributed by atoms with Crippen LogP contribution in [0.1, 0.15) is 0 Å². The summed E-state index contributed by atoms with van der Waals surface area (Å²) in [7, 11) is 4.58. The molecule has 1 aromatic heterocycles. The SMILES string of the molecule is COc1cc2ncn(C)c(=O)c2c(Cl)c1OC. The fourth-order valence-corrected chi connectivity index (χ4v) is 1.97. The summed E-state index contributed by atoms with van der Waals surface area (Å²) in [5.74, 6) is 0.789. The van der Waals surface area contributed by atoms with Crippen LogP contribution in [0.3, 0.4) is 0 Å². The van der Waals surface area contributed by atoms with Gasteiger partial charge in [-0.2, -0.15) is 0 Å². The molecule has 0 spiro atoms. The molecule has 0 aliphatic carbocycles. The minimum absolute atomic E-state index is 0.218. The molecule has 0 aliphatic rings. The lowest BCUT2D eigenvalue weighted by molar-refractivity contribution is 0.356. The number of nitrogens with zero attached hydrogens (tertiary/aromatic N) is 2. The first-order valence-electron chi connectivity index (χ1n) is 4.86. The molecule has 0 aliphatic heterocycles. The maximum atomic E-state index is 12.0. The van der Waals surface area contributed by atoms with E-state index in [9.17, 15) is 4.79 Å². The summed E-state index contributed by atoms with van der Waals surface area (Å²) in [4.78, 5) is 16.1. The number of aryl methyl sites for hydroxylation is 1. The van der Waals surface area contributed by atoms with E-state index in [4.69, 9.17) is 21.1 Å². The number of hydrogen-bond acceptors (Lipinski definition) is 4. The van der Waals surface area contributed by atoms with Gasteiger partial charge in [0.25, 0.3) is 5.56 Å². The molecule has 0 saturated heterocycles. The standard InChI is InChI=1S/C11H11ClN2O3/c1-14-5-13-6-4-7(16-2)10(17-3)9(12)8(6)11(14)15/h4-5H,1-3H3. The number of methoxy groups -OCH3 is 2. The van der Waals surface area contributed by atoms with Crippen LogP contribution in [-0.2, 0) is 7.05 Å². The number of halogens is 1. The van der Waals surface area contributed by atoms with Crippen LogP contribution < -0.4 is 15.0 Å². The Morgan fingerprint density at radius 1 is 1.35 bits per heavy atom. The molecule has 2 rings (SSSR count). The fraction of sp³-hybridized carbons (Fsp3) is 0.273. The third-order valence-corrected chi connectivity index (χ3v) is 2.86. The summed E-state index contributed by atoms with van der Waals surface area (Å²) >= 11 is 6.14. The molecular formula is C11H11ClN2O3. The van der Waals surface area contributed by atoms with Crippen molar-refractivity contribution in [2.45, 2.75) is 0 Å². The molecule has 0 bridgehead atoms. The molecular weight excluding hydrogens is 244 g/mol. The van der Waals surface area contributed by atoms with Crippen molar-refractivity contribution in [3.63, 3.8) is 0 Å². The molecule has 17 heavy (non-hydrogen) atoms. The van der Waals surface area contributed by atoms with Gasteiger partial charge in [0, 0.05) is 13.1 Å². The molecule has 1 aromatic carbocycles. The van der Waals surface area contributed by atoms with Crippen LogP contribution in [0.2, 0.25) is 5.02 Å². The molecule has 0 radical (unpaired) electrons. The van der Waals surface area contributed by atoms with Crippen LogP contribution in [-0.4, -0.2) is 23.8 Å². The molecule has 0 fully saturated rings. The normalized spacial score (nSPS) is 10.6. The number of hydrogen-bond donors (Lipinski definition) is 0. The quantitative estimate of drug-likeness (QED) is 0.817. The van der Waals surface area contributed by atoms with Crippen molar-refractivity contribution in [2.24, 2.45) is 7.05 Å². The number of benzene rings is 1. The highest BCUT2D eigenvalue weighted by Crippen LogP contribution is 2.38. The Kier molecular flexibility index (Phi) is 2.93. The van der Waals surface area contributed by atoms with E-state index in [1.54, 1.807) is 13.1 Å². The van der Waals surface area contributed by atoms with Gasteiger partial charge in [0.15, 0.2) is 11.5 Å². The lowest BCUT2D eigenvalue weighted by atomic mass is 10.2. The van der Waals surface area contributed by atoms with Gasteiger partial charge in [0.05, 0.1) is 31.4 Å². The van der Waals surface area contributed by atoms with E-state index in [0.717, 1.165) is 0 Å². The van der Waals surface area contributed by atoms with Gasteiger partial charge in [-0.15, -0.1) is 0 Å². The van der Waals surface area contributed by atoms with E-state index in [1.807, 2.05) is 0 Å². The topological polar surface area (TPSA) is 53.4 Å². The smallest absolute Gasteiger partial charge is 0.262 e. The molecule has 0 unspecified atom stereocenters. The highest BCUT2D eigenvalue weighted by molar-refractivity contribution is 6.37. The van der Waals surface area contributed by atoms with Crippen molar-refractivity contribution < 1.29 is 9.47 Å². The predicted molar refractivity (Wildman–Crippen MR) is 65.1 cm³/mol. The fourth-order valence-electron chi connectivity index (χ4n) is 1.62. The summed E-state index contributed by atoms with van der Waals surface area (Å²) < 4.78 is 11.6. The van der Waals surface area contributed by atoms with Gasteiger partial charge >= 0.3 is 0 Å². The monoisotopic (exact) mass is 254 g/mol. The molecule has 0 saturated carbocycles. The lowest BCUT2D eigenvalue weighted by Gasteiger charge is -2.11. The van der Waals surface area contributed by atoms with Crippen LogP contribution >= 0.6 is 11.6 Å². The average Bonchev–Trinajstić information content (AvgIpc) is 2.33. The molecule has 2 aromatic rings. The Labute approximate surface area is 103 Å². The predicted octanol–water partition coefficient (Wildman–Crippen LogP) is 1.60. The van der Waals surface area contributed by atoms with Crippen LogP contribution in [0.15, 0.2) is 17.2 Å². The van der Waals surface area contributed by atoms with Crippen molar-refractivity contribution in [3.8, 4) is 11.5 Å². The van der Waals surface area contributed by atoms with Crippen molar-refractivity contribution in [1.29, 1.82) is 0 Å². The van der Waals surface area contributed by atoms with Gasteiger partial charge in [0.1, 0.15) is 5.02 Å². The largest absolute Gasteiger partial charge is 0.493 e. The Morgan fingerprint density at radius 2 is 2.06 bits per heavy atom. The molecule has 1 heterocycles. The second-order valence-electron chi connectivity index (χ2n) is 3.48. The highest BCUT2D eigenvalue weighted by atomic mass is 35.5. The highest BCUT2D eigenvalue weighted by Gasteiger charge is 2.16. The summed E-state index contributed by atoms with van der Waals surface area (Å²) in [5, 5.41) is 0.546. The lowest BCUT2D eigenvalue weighted by Crippen LogP contribution is -2.17. The van der Waals surface area contributed by atoms with E-state index in [2.05, 4.69) is 4.98 Å². The van der Waals surface area contributed by atoms with E-state index in [-0.39, 0.29) is 10.6 Å². The summed E-state index contributed by atoms with van der Waals surface area (Å²) in [5.41, 5.74) is 0.261. The van der Waals surface area contributed by atoms with Gasteiger partial charge in [-0.05, 0) is 0 Å². The number of ether oxygens (including phenoxy) is 2. The second-order valence-corrected chi connectivity index (χ2v) is 3.86. The van der Waals surface area contributed by atoms with Crippen molar-refractivity contribution >= 4 is 22.5 Å². The Hall–Kier alpha value is -1.75. The molecule has 0 atom stereocenters. The minimum Gasteiger partial charge on any atom is -0.493 e. The summed E-state index contributed by atoms with van der Waals surface area (Å²) in [6, 6.07) is 1.63. The molecule has 0 N–H and O–H groups in total. The maximum absolute atomic E-state index is 12.0. The van der Waals surface area contributed by atoms with Crippen molar-refractivity contribution in [3.05, 3.63) is 27.8 Å². The molecule has 6 heteroatoms. The minimum atomic E-state index is -0.221. The van der Waals surface area contributed by atoms with Gasteiger partial charge in [-0.25, -0.2) is 4.98 Å². The third-order valence-electron chi connectivity index (χ3n) is 2.49. The second kappa shape index (κ2) is 4.25. The van der Waals surface area contributed by atoms with Gasteiger partial charge < -0.3 is 14.0 Å². The number of fused-ring (bicyclic) bond motifs is 1. The molecule has 5 nitrogen and oxygen atoms in total. The Balaban J connectivity index is 2.97. The van der Waals surface area contributed by atoms with Gasteiger partial charge in [0.2, 0.25) is 0 Å². The van der Waals surface area contributed by atoms with E-state index >= 15 is 0 Å². The summed E-state index contributed by atoms with van der Waals surface area (Å²) in [6.45, 7) is 0. The Morgan fingerprint density at radius 3 is 2.65 bits per heavy atom. The molecule has 0 amide bonds. The third kappa shape index (κ3) is 1.72. The average molecular weight is 255 g/mol. The van der Waals surface area contributed by atoms with Gasteiger partial charge in [-0.3, -0.25) is 4.79 Å². The van der Waals surface area contributed by atoms with Crippen molar-refractivity contribution in [1.82, 2.24) is 9.55 Å². The van der Waals surface area contributed by atoms with Gasteiger partial charge in [-0.1, -0.05) is 11.6 Å². The van der Waals surface area contributed by atoms with Crippen LogP contribution in [0.25, 0.3) is 10.9 Å².